The number of methoxy groups -OCH3 is 1. The van der Waals surface area contributed by atoms with Crippen molar-refractivity contribution in [1.29, 1.82) is 0 Å². The van der Waals surface area contributed by atoms with Crippen LogP contribution >= 0.6 is 31.9 Å². The first-order valence-electron chi connectivity index (χ1n) is 6.99. The van der Waals surface area contributed by atoms with Crippen molar-refractivity contribution in [2.45, 2.75) is 24.9 Å². The lowest BCUT2D eigenvalue weighted by atomic mass is 10.1. The molecule has 3 rings (SSSR count). The Balaban J connectivity index is 1.60. The molecule has 2 unspecified atom stereocenters. The molecule has 21 heavy (non-hydrogen) atoms. The van der Waals surface area contributed by atoms with Crippen molar-refractivity contribution in [1.82, 2.24) is 5.32 Å². The predicted molar refractivity (Wildman–Crippen MR) is 92.8 cm³/mol. The summed E-state index contributed by atoms with van der Waals surface area (Å²) in [6, 6.07) is 15.5. The summed E-state index contributed by atoms with van der Waals surface area (Å²) < 4.78 is 7.29. The van der Waals surface area contributed by atoms with E-state index in [0.29, 0.717) is 12.0 Å². The van der Waals surface area contributed by atoms with Gasteiger partial charge in [0.1, 0.15) is 5.75 Å². The first kappa shape index (κ1) is 15.1. The van der Waals surface area contributed by atoms with E-state index in [0.717, 1.165) is 21.2 Å². The van der Waals surface area contributed by atoms with Gasteiger partial charge in [-0.1, -0.05) is 30.3 Å². The van der Waals surface area contributed by atoms with Crippen LogP contribution in [0.3, 0.4) is 0 Å². The molecule has 0 heterocycles. The van der Waals surface area contributed by atoms with E-state index >= 15 is 0 Å². The Labute approximate surface area is 142 Å². The number of benzene rings is 2. The third-order valence-corrected chi connectivity index (χ3v) is 5.03. The fraction of sp³-hybridized carbons (Fsp3) is 0.294. The largest absolute Gasteiger partial charge is 0.494 e. The van der Waals surface area contributed by atoms with Crippen molar-refractivity contribution in [2.75, 3.05) is 7.11 Å². The average Bonchev–Trinajstić information content (AvgIpc) is 3.25. The SMILES string of the molecule is COc1c(Br)cc(CNC2CC2c2ccccc2)cc1Br. The van der Waals surface area contributed by atoms with Crippen LogP contribution in [0.25, 0.3) is 0 Å². The van der Waals surface area contributed by atoms with Gasteiger partial charge in [-0.25, -0.2) is 0 Å². The van der Waals surface area contributed by atoms with Crippen molar-refractivity contribution in [3.05, 3.63) is 62.5 Å². The molecule has 1 saturated carbocycles. The van der Waals surface area contributed by atoms with Crippen LogP contribution in [0.5, 0.6) is 5.75 Å². The second-order valence-electron chi connectivity index (χ2n) is 5.33. The van der Waals surface area contributed by atoms with Gasteiger partial charge >= 0.3 is 0 Å². The molecule has 4 heteroatoms. The van der Waals surface area contributed by atoms with Gasteiger partial charge in [0.2, 0.25) is 0 Å². The Hall–Kier alpha value is -0.840. The summed E-state index contributed by atoms with van der Waals surface area (Å²) in [5.74, 6) is 1.50. The molecule has 1 aliphatic carbocycles. The first-order chi connectivity index (χ1) is 10.2. The van der Waals surface area contributed by atoms with Crippen LogP contribution in [0, 0.1) is 0 Å². The maximum Gasteiger partial charge on any atom is 0.147 e. The van der Waals surface area contributed by atoms with E-state index in [9.17, 15) is 0 Å². The Morgan fingerprint density at radius 3 is 2.43 bits per heavy atom. The van der Waals surface area contributed by atoms with E-state index in [1.807, 2.05) is 0 Å². The van der Waals surface area contributed by atoms with Gasteiger partial charge in [-0.2, -0.15) is 0 Å². The maximum atomic E-state index is 5.33. The van der Waals surface area contributed by atoms with Gasteiger partial charge in [0.25, 0.3) is 0 Å². The molecule has 2 aromatic carbocycles. The maximum absolute atomic E-state index is 5.33. The van der Waals surface area contributed by atoms with Gasteiger partial charge < -0.3 is 10.1 Å². The Morgan fingerprint density at radius 2 is 1.81 bits per heavy atom. The third-order valence-electron chi connectivity index (χ3n) is 3.85. The van der Waals surface area contributed by atoms with E-state index in [1.54, 1.807) is 7.11 Å². The number of ether oxygens (including phenoxy) is 1. The summed E-state index contributed by atoms with van der Waals surface area (Å²) >= 11 is 7.09. The van der Waals surface area contributed by atoms with Crippen LogP contribution in [-0.4, -0.2) is 13.2 Å². The third kappa shape index (κ3) is 3.50. The Kier molecular flexibility index (Phi) is 4.67. The summed E-state index contributed by atoms with van der Waals surface area (Å²) in [5, 5.41) is 3.63. The zero-order chi connectivity index (χ0) is 14.8. The lowest BCUT2D eigenvalue weighted by Crippen LogP contribution is -2.17. The second-order valence-corrected chi connectivity index (χ2v) is 7.04. The molecule has 0 bridgehead atoms. The molecule has 0 aliphatic heterocycles. The molecule has 110 valence electrons. The van der Waals surface area contributed by atoms with E-state index in [4.69, 9.17) is 4.74 Å². The monoisotopic (exact) mass is 409 g/mol. The van der Waals surface area contributed by atoms with Crippen LogP contribution in [0.4, 0.5) is 0 Å². The van der Waals surface area contributed by atoms with Gasteiger partial charge in [-0.15, -0.1) is 0 Å². The van der Waals surface area contributed by atoms with Crippen molar-refractivity contribution < 1.29 is 4.74 Å². The molecule has 0 saturated heterocycles. The van der Waals surface area contributed by atoms with Crippen LogP contribution in [0.1, 0.15) is 23.5 Å². The highest BCUT2D eigenvalue weighted by Gasteiger charge is 2.37. The fourth-order valence-corrected chi connectivity index (χ4v) is 4.25. The highest BCUT2D eigenvalue weighted by Crippen LogP contribution is 2.41. The van der Waals surface area contributed by atoms with Crippen molar-refractivity contribution >= 4 is 31.9 Å². The molecule has 2 atom stereocenters. The van der Waals surface area contributed by atoms with E-state index < -0.39 is 0 Å². The van der Waals surface area contributed by atoms with Gasteiger partial charge in [0.05, 0.1) is 16.1 Å². The molecule has 1 N–H and O–H groups in total. The molecule has 0 spiro atoms. The van der Waals surface area contributed by atoms with E-state index in [-0.39, 0.29) is 0 Å². The van der Waals surface area contributed by atoms with Crippen LogP contribution in [0.15, 0.2) is 51.4 Å². The fourth-order valence-electron chi connectivity index (χ4n) is 2.65. The number of nitrogens with one attached hydrogen (secondary N) is 1. The summed E-state index contributed by atoms with van der Waals surface area (Å²) in [7, 11) is 1.68. The highest BCUT2D eigenvalue weighted by atomic mass is 79.9. The smallest absolute Gasteiger partial charge is 0.147 e. The minimum Gasteiger partial charge on any atom is -0.494 e. The van der Waals surface area contributed by atoms with E-state index in [1.165, 1.54) is 17.5 Å². The highest BCUT2D eigenvalue weighted by molar-refractivity contribution is 9.11. The Morgan fingerprint density at radius 1 is 1.14 bits per heavy atom. The van der Waals surface area contributed by atoms with Gasteiger partial charge in [0.15, 0.2) is 0 Å². The van der Waals surface area contributed by atoms with E-state index in [2.05, 4.69) is 79.6 Å². The lowest BCUT2D eigenvalue weighted by molar-refractivity contribution is 0.409. The molecule has 1 aliphatic rings. The van der Waals surface area contributed by atoms with Gasteiger partial charge in [0, 0.05) is 18.5 Å². The number of halogens is 2. The first-order valence-corrected chi connectivity index (χ1v) is 8.58. The zero-order valence-corrected chi connectivity index (χ0v) is 14.9. The molecular weight excluding hydrogens is 394 g/mol. The molecule has 1 fully saturated rings. The summed E-state index contributed by atoms with van der Waals surface area (Å²) in [6.45, 7) is 0.870. The Bertz CT molecular complexity index is 607. The minimum atomic E-state index is 0.590. The lowest BCUT2D eigenvalue weighted by Gasteiger charge is -2.10. The number of hydrogen-bond donors (Lipinski definition) is 1. The summed E-state index contributed by atoms with van der Waals surface area (Å²) in [4.78, 5) is 0. The van der Waals surface area contributed by atoms with Crippen molar-refractivity contribution in [3.8, 4) is 5.75 Å². The van der Waals surface area contributed by atoms with Gasteiger partial charge in [-0.3, -0.25) is 0 Å². The zero-order valence-electron chi connectivity index (χ0n) is 11.8. The molecular formula is C17H17Br2NO. The molecule has 0 aromatic heterocycles. The molecule has 2 aromatic rings. The quantitative estimate of drug-likeness (QED) is 0.759. The standard InChI is InChI=1S/C17H17Br2NO/c1-21-17-14(18)7-11(8-15(17)19)10-20-16-9-13(16)12-5-3-2-4-6-12/h2-8,13,16,20H,9-10H2,1H3. The van der Waals surface area contributed by atoms with Crippen LogP contribution in [0.2, 0.25) is 0 Å². The average molecular weight is 411 g/mol. The molecule has 2 nitrogen and oxygen atoms in total. The molecule has 0 amide bonds. The van der Waals surface area contributed by atoms with Crippen LogP contribution in [-0.2, 0) is 6.54 Å². The summed E-state index contributed by atoms with van der Waals surface area (Å²) in [5.41, 5.74) is 2.68. The topological polar surface area (TPSA) is 21.3 Å². The van der Waals surface area contributed by atoms with Gasteiger partial charge in [-0.05, 0) is 61.5 Å². The van der Waals surface area contributed by atoms with Crippen molar-refractivity contribution in [2.24, 2.45) is 0 Å². The molecule has 0 radical (unpaired) electrons. The number of rotatable bonds is 5. The number of hydrogen-bond acceptors (Lipinski definition) is 2. The summed E-state index contributed by atoms with van der Waals surface area (Å²) in [6.07, 6.45) is 1.22. The predicted octanol–water partition coefficient (Wildman–Crippen LogP) is 4.87. The minimum absolute atomic E-state index is 0.590. The van der Waals surface area contributed by atoms with Crippen molar-refractivity contribution in [3.63, 3.8) is 0 Å². The normalized spacial score (nSPS) is 20.3. The van der Waals surface area contributed by atoms with Crippen LogP contribution < -0.4 is 10.1 Å². The second kappa shape index (κ2) is 6.51.